The third kappa shape index (κ3) is 3.53. The van der Waals surface area contributed by atoms with Gasteiger partial charge in [0.15, 0.2) is 0 Å². The number of anilines is 1. The summed E-state index contributed by atoms with van der Waals surface area (Å²) < 4.78 is 37.8. The van der Waals surface area contributed by atoms with Crippen LogP contribution in [-0.2, 0) is 6.18 Å². The number of likely N-dealkylation sites (tertiary alicyclic amines) is 1. The molecule has 0 saturated carbocycles. The highest BCUT2D eigenvalue weighted by molar-refractivity contribution is 6.31. The summed E-state index contributed by atoms with van der Waals surface area (Å²) in [6, 6.07) is 2.60. The average Bonchev–Trinajstić information content (AvgIpc) is 2.80. The fourth-order valence-electron chi connectivity index (χ4n) is 1.95. The summed E-state index contributed by atoms with van der Waals surface area (Å²) in [6.45, 7) is 1.25. The summed E-state index contributed by atoms with van der Waals surface area (Å²) in [4.78, 5) is 13.3. The van der Waals surface area contributed by atoms with Crippen LogP contribution in [0, 0.1) is 0 Å². The number of nitrogens with one attached hydrogen (secondary N) is 1. The summed E-state index contributed by atoms with van der Waals surface area (Å²) in [6.07, 6.45) is -2.66. The van der Waals surface area contributed by atoms with Crippen LogP contribution < -0.4 is 5.32 Å². The Morgan fingerprint density at radius 1 is 1.21 bits per heavy atom. The summed E-state index contributed by atoms with van der Waals surface area (Å²) in [7, 11) is 0. The summed E-state index contributed by atoms with van der Waals surface area (Å²) in [5.41, 5.74) is -0.826. The maximum Gasteiger partial charge on any atom is 0.416 e. The standard InChI is InChI=1S/C12H12ClF3N2O/c13-9-5-8(12(14,15)16)6-10(7-9)17-11(19)18-3-1-2-4-18/h5-7H,1-4H2,(H,17,19). The lowest BCUT2D eigenvalue weighted by Crippen LogP contribution is -2.32. The number of benzene rings is 1. The number of hydrogen-bond acceptors (Lipinski definition) is 1. The molecule has 1 heterocycles. The lowest BCUT2D eigenvalue weighted by atomic mass is 10.2. The highest BCUT2D eigenvalue weighted by Crippen LogP contribution is 2.33. The first kappa shape index (κ1) is 14.0. The van der Waals surface area contributed by atoms with E-state index >= 15 is 0 Å². The summed E-state index contributed by atoms with van der Waals surface area (Å²) >= 11 is 5.63. The second kappa shape index (κ2) is 5.28. The number of carbonyl (C=O) groups is 1. The summed E-state index contributed by atoms with van der Waals surface area (Å²) in [5, 5.41) is 2.38. The number of nitrogens with zero attached hydrogens (tertiary/aromatic N) is 1. The monoisotopic (exact) mass is 292 g/mol. The average molecular weight is 293 g/mol. The zero-order valence-electron chi connectivity index (χ0n) is 9.93. The molecule has 1 aromatic rings. The van der Waals surface area contributed by atoms with Gasteiger partial charge in [0, 0.05) is 23.8 Å². The van der Waals surface area contributed by atoms with E-state index in [9.17, 15) is 18.0 Å². The Labute approximate surface area is 113 Å². The van der Waals surface area contributed by atoms with Crippen molar-refractivity contribution >= 4 is 23.3 Å². The fraction of sp³-hybridized carbons (Fsp3) is 0.417. The van der Waals surface area contributed by atoms with Crippen LogP contribution >= 0.6 is 11.6 Å². The topological polar surface area (TPSA) is 32.3 Å². The molecule has 1 N–H and O–H groups in total. The predicted octanol–water partition coefficient (Wildman–Crippen LogP) is 3.99. The van der Waals surface area contributed by atoms with Crippen LogP contribution in [0.1, 0.15) is 18.4 Å². The Morgan fingerprint density at radius 3 is 2.42 bits per heavy atom. The van der Waals surface area contributed by atoms with Crippen molar-refractivity contribution in [2.24, 2.45) is 0 Å². The molecule has 7 heteroatoms. The van der Waals surface area contributed by atoms with Crippen LogP contribution in [0.3, 0.4) is 0 Å². The van der Waals surface area contributed by atoms with Crippen molar-refractivity contribution in [3.05, 3.63) is 28.8 Å². The Kier molecular flexibility index (Phi) is 3.89. The van der Waals surface area contributed by atoms with Gasteiger partial charge in [0.25, 0.3) is 0 Å². The van der Waals surface area contributed by atoms with E-state index in [0.29, 0.717) is 13.1 Å². The van der Waals surface area contributed by atoms with Crippen molar-refractivity contribution in [3.8, 4) is 0 Å². The molecule has 1 aromatic carbocycles. The molecule has 104 valence electrons. The van der Waals surface area contributed by atoms with Gasteiger partial charge in [0.05, 0.1) is 5.56 Å². The lowest BCUT2D eigenvalue weighted by molar-refractivity contribution is -0.137. The molecule has 0 aliphatic carbocycles. The molecule has 0 unspecified atom stereocenters. The maximum atomic E-state index is 12.6. The first-order valence-corrected chi connectivity index (χ1v) is 6.18. The number of rotatable bonds is 1. The van der Waals surface area contributed by atoms with E-state index in [1.165, 1.54) is 6.07 Å². The van der Waals surface area contributed by atoms with Crippen molar-refractivity contribution in [3.63, 3.8) is 0 Å². The van der Waals surface area contributed by atoms with E-state index in [1.807, 2.05) is 0 Å². The van der Waals surface area contributed by atoms with E-state index < -0.39 is 17.8 Å². The second-order valence-corrected chi connectivity index (χ2v) is 4.79. The molecule has 0 radical (unpaired) electrons. The minimum atomic E-state index is -4.49. The Morgan fingerprint density at radius 2 is 1.84 bits per heavy atom. The van der Waals surface area contributed by atoms with Gasteiger partial charge in [0.2, 0.25) is 0 Å². The van der Waals surface area contributed by atoms with E-state index in [1.54, 1.807) is 4.90 Å². The highest BCUT2D eigenvalue weighted by atomic mass is 35.5. The van der Waals surface area contributed by atoms with Crippen LogP contribution in [0.4, 0.5) is 23.7 Å². The van der Waals surface area contributed by atoms with E-state index in [4.69, 9.17) is 11.6 Å². The molecule has 0 aromatic heterocycles. The van der Waals surface area contributed by atoms with Crippen molar-refractivity contribution < 1.29 is 18.0 Å². The molecule has 0 bridgehead atoms. The predicted molar refractivity (Wildman–Crippen MR) is 66.3 cm³/mol. The van der Waals surface area contributed by atoms with Gasteiger partial charge in [-0.05, 0) is 31.0 Å². The minimum Gasteiger partial charge on any atom is -0.325 e. The van der Waals surface area contributed by atoms with Crippen molar-refractivity contribution in [1.82, 2.24) is 4.90 Å². The second-order valence-electron chi connectivity index (χ2n) is 4.35. The molecule has 2 amide bonds. The van der Waals surface area contributed by atoms with Gasteiger partial charge >= 0.3 is 12.2 Å². The Bertz CT molecular complexity index is 484. The molecule has 0 spiro atoms. The lowest BCUT2D eigenvalue weighted by Gasteiger charge is -2.17. The normalized spacial score (nSPS) is 15.7. The first-order valence-electron chi connectivity index (χ1n) is 5.80. The number of halogens is 4. The molecule has 1 fully saturated rings. The molecule has 2 rings (SSSR count). The van der Waals surface area contributed by atoms with Gasteiger partial charge in [-0.1, -0.05) is 11.6 Å². The molecular formula is C12H12ClF3N2O. The SMILES string of the molecule is O=C(Nc1cc(Cl)cc(C(F)(F)F)c1)N1CCCC1. The van der Waals surface area contributed by atoms with Crippen molar-refractivity contribution in [2.45, 2.75) is 19.0 Å². The fourth-order valence-corrected chi connectivity index (χ4v) is 2.18. The van der Waals surface area contributed by atoms with Crippen LogP contribution in [0.2, 0.25) is 5.02 Å². The number of alkyl halides is 3. The Hall–Kier alpha value is -1.43. The molecule has 0 atom stereocenters. The van der Waals surface area contributed by atoms with Gasteiger partial charge in [0.1, 0.15) is 0 Å². The number of urea groups is 1. The van der Waals surface area contributed by atoms with Gasteiger partial charge in [-0.25, -0.2) is 4.79 Å². The quantitative estimate of drug-likeness (QED) is 0.834. The van der Waals surface area contributed by atoms with E-state index in [2.05, 4.69) is 5.32 Å². The molecule has 1 saturated heterocycles. The van der Waals surface area contributed by atoms with Crippen molar-refractivity contribution in [2.75, 3.05) is 18.4 Å². The molecule has 19 heavy (non-hydrogen) atoms. The Balaban J connectivity index is 2.16. The van der Waals surface area contributed by atoms with Crippen LogP contribution in [-0.4, -0.2) is 24.0 Å². The molecule has 1 aliphatic heterocycles. The van der Waals surface area contributed by atoms with Gasteiger partial charge in [-0.2, -0.15) is 13.2 Å². The third-order valence-electron chi connectivity index (χ3n) is 2.87. The molecule has 1 aliphatic rings. The van der Waals surface area contributed by atoms with Gasteiger partial charge in [-0.3, -0.25) is 0 Å². The highest BCUT2D eigenvalue weighted by Gasteiger charge is 2.31. The zero-order chi connectivity index (χ0) is 14.0. The van der Waals surface area contributed by atoms with Crippen molar-refractivity contribution in [1.29, 1.82) is 0 Å². The minimum absolute atomic E-state index is 0.0525. The van der Waals surface area contributed by atoms with Crippen LogP contribution in [0.25, 0.3) is 0 Å². The number of hydrogen-bond donors (Lipinski definition) is 1. The van der Waals surface area contributed by atoms with E-state index in [-0.39, 0.29) is 10.7 Å². The molecular weight excluding hydrogens is 281 g/mol. The zero-order valence-corrected chi connectivity index (χ0v) is 10.7. The van der Waals surface area contributed by atoms with Gasteiger partial charge in [-0.15, -0.1) is 0 Å². The van der Waals surface area contributed by atoms with E-state index in [0.717, 1.165) is 25.0 Å². The molecule has 3 nitrogen and oxygen atoms in total. The van der Waals surface area contributed by atoms with Crippen LogP contribution in [0.15, 0.2) is 18.2 Å². The largest absolute Gasteiger partial charge is 0.416 e. The number of carbonyl (C=O) groups excluding carboxylic acids is 1. The summed E-state index contributed by atoms with van der Waals surface area (Å²) in [5.74, 6) is 0. The smallest absolute Gasteiger partial charge is 0.325 e. The van der Waals surface area contributed by atoms with Gasteiger partial charge < -0.3 is 10.2 Å². The number of amides is 2. The third-order valence-corrected chi connectivity index (χ3v) is 3.09. The maximum absolute atomic E-state index is 12.6. The van der Waals surface area contributed by atoms with Crippen LogP contribution in [0.5, 0.6) is 0 Å². The first-order chi connectivity index (χ1) is 8.86.